The van der Waals surface area contributed by atoms with E-state index in [1.165, 1.54) is 25.5 Å². The number of carbonyl (C=O) groups is 1. The van der Waals surface area contributed by atoms with Gasteiger partial charge < -0.3 is 10.1 Å². The number of esters is 1. The number of nitrogens with one attached hydrogen (secondary N) is 1. The number of halogens is 1. The monoisotopic (exact) mass is 223 g/mol. The molecule has 1 aromatic carbocycles. The van der Waals surface area contributed by atoms with E-state index in [4.69, 9.17) is 0 Å². The molecule has 0 bridgehead atoms. The van der Waals surface area contributed by atoms with Gasteiger partial charge >= 0.3 is 5.97 Å². The lowest BCUT2D eigenvalue weighted by atomic mass is 10.1. The zero-order valence-corrected chi connectivity index (χ0v) is 9.07. The Bertz CT molecular complexity index is 377. The fourth-order valence-electron chi connectivity index (χ4n) is 1.19. The van der Waals surface area contributed by atoms with Crippen molar-refractivity contribution in [2.75, 3.05) is 13.7 Å². The second kappa shape index (κ2) is 6.61. The van der Waals surface area contributed by atoms with Crippen molar-refractivity contribution in [1.29, 1.82) is 0 Å². The van der Waals surface area contributed by atoms with Crippen LogP contribution in [-0.2, 0) is 16.0 Å². The van der Waals surface area contributed by atoms with Gasteiger partial charge in [0.05, 0.1) is 7.11 Å². The molecule has 0 spiro atoms. The molecule has 16 heavy (non-hydrogen) atoms. The first-order valence-corrected chi connectivity index (χ1v) is 4.95. The van der Waals surface area contributed by atoms with Crippen molar-refractivity contribution < 1.29 is 13.9 Å². The van der Waals surface area contributed by atoms with Crippen LogP contribution >= 0.6 is 0 Å². The highest BCUT2D eigenvalue weighted by molar-refractivity contribution is 5.81. The summed E-state index contributed by atoms with van der Waals surface area (Å²) < 4.78 is 17.6. The molecule has 0 atom stereocenters. The summed E-state index contributed by atoms with van der Waals surface area (Å²) in [6, 6.07) is 6.62. The second-order valence-electron chi connectivity index (χ2n) is 3.15. The Labute approximate surface area is 93.9 Å². The molecule has 0 fully saturated rings. The summed E-state index contributed by atoms with van der Waals surface area (Å²) in [6.07, 6.45) is 3.34. The summed E-state index contributed by atoms with van der Waals surface area (Å²) >= 11 is 0. The van der Waals surface area contributed by atoms with Crippen LogP contribution in [0.3, 0.4) is 0 Å². The number of hydrogen-bond donors (Lipinski definition) is 1. The molecule has 0 saturated heterocycles. The van der Waals surface area contributed by atoms with Gasteiger partial charge in [-0.15, -0.1) is 0 Å². The summed E-state index contributed by atoms with van der Waals surface area (Å²) in [5.74, 6) is -0.625. The van der Waals surface area contributed by atoms with Crippen LogP contribution in [0, 0.1) is 5.82 Å². The van der Waals surface area contributed by atoms with E-state index in [-0.39, 0.29) is 5.82 Å². The first-order chi connectivity index (χ1) is 7.74. The molecule has 1 aromatic rings. The Morgan fingerprint density at radius 2 is 2.25 bits per heavy atom. The largest absolute Gasteiger partial charge is 0.466 e. The Balaban J connectivity index is 2.29. The smallest absolute Gasteiger partial charge is 0.331 e. The number of carbonyl (C=O) groups excluding carboxylic acids is 1. The third-order valence-electron chi connectivity index (χ3n) is 2.03. The fourth-order valence-corrected chi connectivity index (χ4v) is 1.19. The molecule has 0 aliphatic heterocycles. The van der Waals surface area contributed by atoms with Crippen LogP contribution < -0.4 is 5.32 Å². The minimum Gasteiger partial charge on any atom is -0.466 e. The third kappa shape index (κ3) is 4.13. The molecule has 0 heterocycles. The summed E-state index contributed by atoms with van der Waals surface area (Å²) in [6.45, 7) is 0.564. The van der Waals surface area contributed by atoms with Crippen LogP contribution in [0.2, 0.25) is 0 Å². The lowest BCUT2D eigenvalue weighted by Gasteiger charge is -2.02. The summed E-state index contributed by atoms with van der Waals surface area (Å²) in [5, 5.41) is 2.88. The van der Waals surface area contributed by atoms with Crippen LogP contribution in [0.4, 0.5) is 4.39 Å². The molecular formula is C12H14FNO2. The van der Waals surface area contributed by atoms with Crippen LogP contribution in [0.25, 0.3) is 0 Å². The van der Waals surface area contributed by atoms with Gasteiger partial charge in [-0.3, -0.25) is 0 Å². The highest BCUT2D eigenvalue weighted by Gasteiger charge is 1.98. The average Bonchev–Trinajstić information content (AvgIpc) is 2.30. The topological polar surface area (TPSA) is 38.3 Å². The third-order valence-corrected chi connectivity index (χ3v) is 2.03. The van der Waals surface area contributed by atoms with Gasteiger partial charge in [0.15, 0.2) is 0 Å². The van der Waals surface area contributed by atoms with E-state index in [0.717, 1.165) is 0 Å². The molecule has 3 nitrogen and oxygen atoms in total. The second-order valence-corrected chi connectivity index (χ2v) is 3.15. The quantitative estimate of drug-likeness (QED) is 0.468. The normalized spacial score (nSPS) is 10.4. The van der Waals surface area contributed by atoms with Crippen molar-refractivity contribution in [1.82, 2.24) is 5.32 Å². The number of benzene rings is 1. The molecule has 0 aromatic heterocycles. The van der Waals surface area contributed by atoms with E-state index in [9.17, 15) is 9.18 Å². The Morgan fingerprint density at radius 1 is 1.50 bits per heavy atom. The molecule has 1 rings (SSSR count). The zero-order valence-electron chi connectivity index (χ0n) is 9.07. The maximum absolute atomic E-state index is 13.2. The molecule has 0 aliphatic carbocycles. The van der Waals surface area contributed by atoms with Gasteiger partial charge in [-0.2, -0.15) is 0 Å². The van der Waals surface area contributed by atoms with Crippen molar-refractivity contribution in [3.63, 3.8) is 0 Å². The molecule has 0 amide bonds. The van der Waals surface area contributed by atoms with Crippen molar-refractivity contribution in [2.45, 2.75) is 6.42 Å². The number of rotatable bonds is 5. The first kappa shape index (κ1) is 12.2. The van der Waals surface area contributed by atoms with E-state index in [2.05, 4.69) is 10.1 Å². The molecule has 1 N–H and O–H groups in total. The lowest BCUT2D eigenvalue weighted by Crippen LogP contribution is -2.11. The van der Waals surface area contributed by atoms with Gasteiger partial charge in [-0.05, 0) is 18.1 Å². The van der Waals surface area contributed by atoms with E-state index in [0.29, 0.717) is 18.5 Å². The van der Waals surface area contributed by atoms with Crippen molar-refractivity contribution in [2.24, 2.45) is 0 Å². The van der Waals surface area contributed by atoms with Gasteiger partial charge in [0.1, 0.15) is 5.82 Å². The van der Waals surface area contributed by atoms with E-state index >= 15 is 0 Å². The molecular weight excluding hydrogens is 209 g/mol. The number of ether oxygens (including phenoxy) is 1. The predicted molar refractivity (Wildman–Crippen MR) is 59.3 cm³/mol. The van der Waals surface area contributed by atoms with Gasteiger partial charge in [0, 0.05) is 18.8 Å². The molecule has 0 radical (unpaired) electrons. The SMILES string of the molecule is COC(=O)/C=C/NCCc1ccccc1F. The van der Waals surface area contributed by atoms with Gasteiger partial charge in [0.2, 0.25) is 0 Å². The summed E-state index contributed by atoms with van der Waals surface area (Å²) in [4.78, 5) is 10.7. The summed E-state index contributed by atoms with van der Waals surface area (Å²) in [5.41, 5.74) is 0.654. The molecule has 86 valence electrons. The van der Waals surface area contributed by atoms with Gasteiger partial charge in [-0.25, -0.2) is 9.18 Å². The van der Waals surface area contributed by atoms with Crippen LogP contribution in [-0.4, -0.2) is 19.6 Å². The number of hydrogen-bond acceptors (Lipinski definition) is 3. The Hall–Kier alpha value is -1.84. The average molecular weight is 223 g/mol. The van der Waals surface area contributed by atoms with Crippen molar-refractivity contribution >= 4 is 5.97 Å². The maximum Gasteiger partial charge on any atom is 0.331 e. The van der Waals surface area contributed by atoms with Crippen LogP contribution in [0.15, 0.2) is 36.5 Å². The van der Waals surface area contributed by atoms with Gasteiger partial charge in [0.25, 0.3) is 0 Å². The molecule has 0 unspecified atom stereocenters. The van der Waals surface area contributed by atoms with Gasteiger partial charge in [-0.1, -0.05) is 18.2 Å². The van der Waals surface area contributed by atoms with Crippen molar-refractivity contribution in [3.8, 4) is 0 Å². The highest BCUT2D eigenvalue weighted by atomic mass is 19.1. The Morgan fingerprint density at radius 3 is 2.94 bits per heavy atom. The minimum atomic E-state index is -0.418. The maximum atomic E-state index is 13.2. The Kier molecular flexibility index (Phi) is 5.05. The lowest BCUT2D eigenvalue weighted by molar-refractivity contribution is -0.134. The molecule has 4 heteroatoms. The number of methoxy groups -OCH3 is 1. The summed E-state index contributed by atoms with van der Waals surface area (Å²) in [7, 11) is 1.31. The first-order valence-electron chi connectivity index (χ1n) is 4.95. The van der Waals surface area contributed by atoms with Crippen molar-refractivity contribution in [3.05, 3.63) is 47.9 Å². The fraction of sp³-hybridized carbons (Fsp3) is 0.250. The standard InChI is InChI=1S/C12H14FNO2/c1-16-12(15)7-9-14-8-6-10-4-2-3-5-11(10)13/h2-5,7,9,14H,6,8H2,1H3/b9-7+. The molecule has 0 saturated carbocycles. The minimum absolute atomic E-state index is 0.207. The molecule has 0 aliphatic rings. The van der Waals surface area contributed by atoms with E-state index in [1.807, 2.05) is 0 Å². The van der Waals surface area contributed by atoms with Crippen LogP contribution in [0.1, 0.15) is 5.56 Å². The van der Waals surface area contributed by atoms with Crippen LogP contribution in [0.5, 0.6) is 0 Å². The predicted octanol–water partition coefficient (Wildman–Crippen LogP) is 1.64. The zero-order chi connectivity index (χ0) is 11.8. The van der Waals surface area contributed by atoms with E-state index < -0.39 is 5.97 Å². The van der Waals surface area contributed by atoms with E-state index in [1.54, 1.807) is 18.2 Å². The highest BCUT2D eigenvalue weighted by Crippen LogP contribution is 2.05.